The zero-order chi connectivity index (χ0) is 15.7. The molecule has 0 radical (unpaired) electrons. The Bertz CT molecular complexity index is 682. The lowest BCUT2D eigenvalue weighted by molar-refractivity contribution is -0.127. The Labute approximate surface area is 126 Å². The van der Waals surface area contributed by atoms with Gasteiger partial charge >= 0.3 is 6.18 Å². The summed E-state index contributed by atoms with van der Waals surface area (Å²) in [4.78, 5) is 0. The molecule has 2 aromatic rings. The van der Waals surface area contributed by atoms with Gasteiger partial charge in [0.1, 0.15) is 11.9 Å². The first-order valence-electron chi connectivity index (χ1n) is 7.11. The molecule has 0 aliphatic carbocycles. The Morgan fingerprint density at radius 2 is 1.91 bits per heavy atom. The van der Waals surface area contributed by atoms with E-state index in [2.05, 4.69) is 0 Å². The highest BCUT2D eigenvalue weighted by Gasteiger charge is 2.28. The lowest BCUT2D eigenvalue weighted by atomic mass is 9.98. The maximum atomic E-state index is 12.6. The number of alkyl halides is 3. The second-order valence-corrected chi connectivity index (χ2v) is 5.47. The van der Waals surface area contributed by atoms with Crippen molar-refractivity contribution in [2.24, 2.45) is 5.73 Å². The molecule has 1 atom stereocenters. The van der Waals surface area contributed by atoms with Gasteiger partial charge in [0, 0.05) is 18.5 Å². The number of benzene rings is 2. The Morgan fingerprint density at radius 3 is 2.64 bits per heavy atom. The maximum absolute atomic E-state index is 12.6. The predicted molar refractivity (Wildman–Crippen MR) is 78.8 cm³/mol. The molecule has 2 aromatic carbocycles. The molecule has 1 heterocycles. The molecule has 116 valence electrons. The Morgan fingerprint density at radius 1 is 1.14 bits per heavy atom. The number of halogens is 3. The lowest BCUT2D eigenvalue weighted by Gasteiger charge is -2.12. The van der Waals surface area contributed by atoms with Crippen molar-refractivity contribution in [2.75, 3.05) is 6.54 Å². The molecule has 0 bridgehead atoms. The van der Waals surface area contributed by atoms with E-state index in [1.165, 1.54) is 6.07 Å². The monoisotopic (exact) mass is 307 g/mol. The summed E-state index contributed by atoms with van der Waals surface area (Å²) in [6, 6.07) is 12.2. The summed E-state index contributed by atoms with van der Waals surface area (Å²) in [5.41, 5.74) is 8.49. The lowest BCUT2D eigenvalue weighted by Crippen LogP contribution is -2.24. The van der Waals surface area contributed by atoms with Crippen molar-refractivity contribution in [1.82, 2.24) is 0 Å². The van der Waals surface area contributed by atoms with Gasteiger partial charge in [0.2, 0.25) is 0 Å². The molecule has 22 heavy (non-hydrogen) atoms. The first-order chi connectivity index (χ1) is 10.5. The van der Waals surface area contributed by atoms with E-state index in [4.69, 9.17) is 10.5 Å². The van der Waals surface area contributed by atoms with Gasteiger partial charge in [0.25, 0.3) is 0 Å². The number of hydrogen-bond donors (Lipinski definition) is 1. The van der Waals surface area contributed by atoms with Crippen LogP contribution < -0.4 is 10.5 Å². The van der Waals surface area contributed by atoms with Crippen molar-refractivity contribution in [3.63, 3.8) is 0 Å². The average molecular weight is 307 g/mol. The number of para-hydroxylation sites is 1. The summed E-state index contributed by atoms with van der Waals surface area (Å²) in [6.07, 6.45) is -4.46. The fraction of sp³-hybridized carbons (Fsp3) is 0.294. The van der Waals surface area contributed by atoms with Gasteiger partial charge in [-0.05, 0) is 16.7 Å². The minimum absolute atomic E-state index is 0.0606. The van der Waals surface area contributed by atoms with Gasteiger partial charge in [-0.1, -0.05) is 42.5 Å². The van der Waals surface area contributed by atoms with Gasteiger partial charge in [0.05, 0.1) is 6.42 Å². The van der Waals surface area contributed by atoms with Crippen LogP contribution in [0.3, 0.4) is 0 Å². The summed E-state index contributed by atoms with van der Waals surface area (Å²) < 4.78 is 43.5. The molecule has 0 saturated heterocycles. The van der Waals surface area contributed by atoms with Gasteiger partial charge in [-0.3, -0.25) is 0 Å². The average Bonchev–Trinajstić information content (AvgIpc) is 2.88. The van der Waals surface area contributed by atoms with Crippen LogP contribution in [0.2, 0.25) is 0 Å². The first kappa shape index (κ1) is 14.9. The third kappa shape index (κ3) is 3.09. The Hall–Kier alpha value is -2.01. The summed E-state index contributed by atoms with van der Waals surface area (Å²) >= 11 is 0. The van der Waals surface area contributed by atoms with Gasteiger partial charge in [-0.25, -0.2) is 0 Å². The molecule has 0 aromatic heterocycles. The second kappa shape index (κ2) is 5.65. The summed E-state index contributed by atoms with van der Waals surface area (Å²) in [6.45, 7) is 0.419. The SMILES string of the molecule is NCC1Cc2cccc(-c3cccc(CC(F)(F)F)c3)c2O1. The van der Waals surface area contributed by atoms with Gasteiger partial charge in [-0.2, -0.15) is 13.2 Å². The topological polar surface area (TPSA) is 35.2 Å². The smallest absolute Gasteiger partial charge is 0.393 e. The van der Waals surface area contributed by atoms with E-state index in [0.717, 1.165) is 28.9 Å². The number of fused-ring (bicyclic) bond motifs is 1. The van der Waals surface area contributed by atoms with Crippen LogP contribution in [0.1, 0.15) is 11.1 Å². The van der Waals surface area contributed by atoms with Crippen molar-refractivity contribution in [1.29, 1.82) is 0 Å². The molecule has 0 spiro atoms. The third-order valence-electron chi connectivity index (χ3n) is 3.73. The van der Waals surface area contributed by atoms with Crippen LogP contribution in [-0.2, 0) is 12.8 Å². The minimum atomic E-state index is -4.21. The van der Waals surface area contributed by atoms with E-state index in [1.807, 2.05) is 18.2 Å². The molecule has 2 N–H and O–H groups in total. The van der Waals surface area contributed by atoms with Crippen LogP contribution in [0.15, 0.2) is 42.5 Å². The van der Waals surface area contributed by atoms with Crippen LogP contribution in [0.5, 0.6) is 5.75 Å². The molecule has 0 saturated carbocycles. The predicted octanol–water partition coefficient (Wildman–Crippen LogP) is 3.72. The second-order valence-electron chi connectivity index (χ2n) is 5.47. The number of hydrogen-bond acceptors (Lipinski definition) is 2. The normalized spacial score (nSPS) is 17.2. The zero-order valence-electron chi connectivity index (χ0n) is 11.9. The molecule has 1 unspecified atom stereocenters. The fourth-order valence-corrected chi connectivity index (χ4v) is 2.78. The van der Waals surface area contributed by atoms with Crippen LogP contribution in [0.4, 0.5) is 13.2 Å². The van der Waals surface area contributed by atoms with E-state index >= 15 is 0 Å². The van der Waals surface area contributed by atoms with E-state index in [1.54, 1.807) is 18.2 Å². The largest absolute Gasteiger partial charge is 0.488 e. The molecule has 1 aliphatic rings. The molecule has 0 fully saturated rings. The van der Waals surface area contributed by atoms with E-state index < -0.39 is 12.6 Å². The number of ether oxygens (including phenoxy) is 1. The molecular weight excluding hydrogens is 291 g/mol. The minimum Gasteiger partial charge on any atom is -0.488 e. The molecule has 1 aliphatic heterocycles. The number of rotatable bonds is 3. The molecule has 3 rings (SSSR count). The quantitative estimate of drug-likeness (QED) is 0.938. The molecule has 0 amide bonds. The highest BCUT2D eigenvalue weighted by Crippen LogP contribution is 2.39. The Balaban J connectivity index is 1.96. The van der Waals surface area contributed by atoms with Crippen LogP contribution >= 0.6 is 0 Å². The van der Waals surface area contributed by atoms with Crippen molar-refractivity contribution in [3.8, 4) is 16.9 Å². The maximum Gasteiger partial charge on any atom is 0.393 e. The molecule has 5 heteroatoms. The standard InChI is InChI=1S/C17H16F3NO/c18-17(19,20)9-11-3-1-4-12(7-11)15-6-2-5-13-8-14(10-21)22-16(13)15/h1-7,14H,8-10,21H2. The van der Waals surface area contributed by atoms with Gasteiger partial charge < -0.3 is 10.5 Å². The molecule has 2 nitrogen and oxygen atoms in total. The van der Waals surface area contributed by atoms with Crippen molar-refractivity contribution in [2.45, 2.75) is 25.1 Å². The Kier molecular flexibility index (Phi) is 3.83. The highest BCUT2D eigenvalue weighted by atomic mass is 19.4. The van der Waals surface area contributed by atoms with Crippen LogP contribution in [0.25, 0.3) is 11.1 Å². The van der Waals surface area contributed by atoms with Crippen LogP contribution in [-0.4, -0.2) is 18.8 Å². The zero-order valence-corrected chi connectivity index (χ0v) is 11.9. The van der Waals surface area contributed by atoms with E-state index in [0.29, 0.717) is 6.54 Å². The van der Waals surface area contributed by atoms with Crippen molar-refractivity contribution in [3.05, 3.63) is 53.6 Å². The summed E-state index contributed by atoms with van der Waals surface area (Å²) in [5.74, 6) is 0.738. The molecular formula is C17H16F3NO. The first-order valence-corrected chi connectivity index (χ1v) is 7.11. The highest BCUT2D eigenvalue weighted by molar-refractivity contribution is 5.73. The van der Waals surface area contributed by atoms with Crippen LogP contribution in [0, 0.1) is 0 Å². The third-order valence-corrected chi connectivity index (χ3v) is 3.73. The van der Waals surface area contributed by atoms with Gasteiger partial charge in [-0.15, -0.1) is 0 Å². The van der Waals surface area contributed by atoms with E-state index in [-0.39, 0.29) is 11.7 Å². The van der Waals surface area contributed by atoms with E-state index in [9.17, 15) is 13.2 Å². The number of nitrogens with two attached hydrogens (primary N) is 1. The fourth-order valence-electron chi connectivity index (χ4n) is 2.78. The summed E-state index contributed by atoms with van der Waals surface area (Å²) in [7, 11) is 0. The summed E-state index contributed by atoms with van der Waals surface area (Å²) in [5, 5.41) is 0. The van der Waals surface area contributed by atoms with Gasteiger partial charge in [0.15, 0.2) is 0 Å². The van der Waals surface area contributed by atoms with Crippen molar-refractivity contribution < 1.29 is 17.9 Å². The van der Waals surface area contributed by atoms with Crippen molar-refractivity contribution >= 4 is 0 Å².